The Hall–Kier alpha value is -1.04. The molecule has 1 amide bonds. The minimum Gasteiger partial charge on any atom is -0.484 e. The highest BCUT2D eigenvalue weighted by molar-refractivity contribution is 9.11. The van der Waals surface area contributed by atoms with Crippen molar-refractivity contribution in [1.29, 1.82) is 0 Å². The second-order valence-electron chi connectivity index (χ2n) is 4.85. The molecule has 0 bridgehead atoms. The molecule has 2 aromatic carbocycles. The first-order valence-corrected chi connectivity index (χ1v) is 8.47. The standard InChI is InChI=1S/C16H14Br2ClNO2/c1-9-5-12(17)16(13(18)6-9)20-15(21)8-22-11-3-4-14(19)10(2)7-11/h3-7H,8H2,1-2H3,(H,20,21). The van der Waals surface area contributed by atoms with Gasteiger partial charge in [-0.25, -0.2) is 0 Å². The first-order valence-electron chi connectivity index (χ1n) is 6.51. The van der Waals surface area contributed by atoms with E-state index in [2.05, 4.69) is 37.2 Å². The van der Waals surface area contributed by atoms with Crippen LogP contribution in [0.4, 0.5) is 5.69 Å². The Morgan fingerprint density at radius 1 is 1.18 bits per heavy atom. The van der Waals surface area contributed by atoms with Gasteiger partial charge in [-0.05, 0) is 87.2 Å². The van der Waals surface area contributed by atoms with Crippen LogP contribution in [-0.2, 0) is 4.79 Å². The van der Waals surface area contributed by atoms with Crippen molar-refractivity contribution in [2.75, 3.05) is 11.9 Å². The lowest BCUT2D eigenvalue weighted by Gasteiger charge is -2.12. The lowest BCUT2D eigenvalue weighted by atomic mass is 10.2. The molecular weight excluding hydrogens is 433 g/mol. The van der Waals surface area contributed by atoms with Crippen molar-refractivity contribution in [3.8, 4) is 5.75 Å². The van der Waals surface area contributed by atoms with Gasteiger partial charge in [0.25, 0.3) is 5.91 Å². The monoisotopic (exact) mass is 445 g/mol. The van der Waals surface area contributed by atoms with E-state index in [1.165, 1.54) is 0 Å². The highest BCUT2D eigenvalue weighted by Gasteiger charge is 2.11. The van der Waals surface area contributed by atoms with Crippen LogP contribution in [0.15, 0.2) is 39.3 Å². The first kappa shape index (κ1) is 17.3. The van der Waals surface area contributed by atoms with E-state index in [-0.39, 0.29) is 12.5 Å². The number of hydrogen-bond acceptors (Lipinski definition) is 2. The summed E-state index contributed by atoms with van der Waals surface area (Å²) in [5, 5.41) is 3.49. The maximum absolute atomic E-state index is 12.0. The number of halogens is 3. The Bertz CT molecular complexity index is 696. The number of anilines is 1. The van der Waals surface area contributed by atoms with Gasteiger partial charge >= 0.3 is 0 Å². The maximum atomic E-state index is 12.0. The molecule has 0 aromatic heterocycles. The van der Waals surface area contributed by atoms with Gasteiger partial charge < -0.3 is 10.1 Å². The topological polar surface area (TPSA) is 38.3 Å². The van der Waals surface area contributed by atoms with Gasteiger partial charge in [0.1, 0.15) is 5.75 Å². The summed E-state index contributed by atoms with van der Waals surface area (Å²) >= 11 is 12.8. The molecule has 1 N–H and O–H groups in total. The van der Waals surface area contributed by atoms with Gasteiger partial charge in [-0.1, -0.05) is 11.6 Å². The molecule has 3 nitrogen and oxygen atoms in total. The van der Waals surface area contributed by atoms with Crippen LogP contribution in [0.3, 0.4) is 0 Å². The van der Waals surface area contributed by atoms with E-state index in [0.29, 0.717) is 16.5 Å². The number of hydrogen-bond donors (Lipinski definition) is 1. The molecule has 0 spiro atoms. The summed E-state index contributed by atoms with van der Waals surface area (Å²) in [6, 6.07) is 9.15. The van der Waals surface area contributed by atoms with Crippen LogP contribution in [0, 0.1) is 13.8 Å². The average Bonchev–Trinajstić information content (AvgIpc) is 2.44. The molecule has 0 atom stereocenters. The summed E-state index contributed by atoms with van der Waals surface area (Å²) in [5.74, 6) is 0.372. The number of carbonyl (C=O) groups excluding carboxylic acids is 1. The zero-order valence-corrected chi connectivity index (χ0v) is 16.0. The molecule has 0 fully saturated rings. The third-order valence-corrected chi connectivity index (χ3v) is 4.63. The normalized spacial score (nSPS) is 10.4. The smallest absolute Gasteiger partial charge is 0.262 e. The maximum Gasteiger partial charge on any atom is 0.262 e. The van der Waals surface area contributed by atoms with Gasteiger partial charge in [-0.2, -0.15) is 0 Å². The Morgan fingerprint density at radius 3 is 2.41 bits per heavy atom. The number of carbonyl (C=O) groups is 1. The van der Waals surface area contributed by atoms with Crippen LogP contribution < -0.4 is 10.1 Å². The van der Waals surface area contributed by atoms with E-state index in [4.69, 9.17) is 16.3 Å². The van der Waals surface area contributed by atoms with Crippen molar-refractivity contribution in [3.05, 3.63) is 55.4 Å². The third kappa shape index (κ3) is 4.48. The molecule has 0 aliphatic carbocycles. The molecule has 0 aliphatic heterocycles. The van der Waals surface area contributed by atoms with E-state index < -0.39 is 0 Å². The molecule has 0 heterocycles. The lowest BCUT2D eigenvalue weighted by molar-refractivity contribution is -0.118. The molecule has 0 saturated heterocycles. The van der Waals surface area contributed by atoms with Gasteiger partial charge in [-0.3, -0.25) is 4.79 Å². The van der Waals surface area contributed by atoms with E-state index in [0.717, 1.165) is 20.1 Å². The first-order chi connectivity index (χ1) is 10.4. The summed E-state index contributed by atoms with van der Waals surface area (Å²) < 4.78 is 7.11. The largest absolute Gasteiger partial charge is 0.484 e. The Kier molecular flexibility index (Phi) is 5.89. The summed E-state index contributed by atoms with van der Waals surface area (Å²) in [4.78, 5) is 12.0. The van der Waals surface area contributed by atoms with E-state index in [1.54, 1.807) is 18.2 Å². The molecule has 0 aliphatic rings. The van der Waals surface area contributed by atoms with Gasteiger partial charge in [0, 0.05) is 14.0 Å². The molecule has 2 rings (SSSR count). The summed E-state index contributed by atoms with van der Waals surface area (Å²) in [5.41, 5.74) is 2.68. The number of aryl methyl sites for hydroxylation is 2. The number of rotatable bonds is 4. The minimum absolute atomic E-state index is 0.0756. The van der Waals surface area contributed by atoms with Crippen molar-refractivity contribution >= 4 is 55.1 Å². The third-order valence-electron chi connectivity index (χ3n) is 2.95. The van der Waals surface area contributed by atoms with Crippen LogP contribution in [0.1, 0.15) is 11.1 Å². The number of ether oxygens (including phenoxy) is 1. The van der Waals surface area contributed by atoms with Crippen molar-refractivity contribution in [2.24, 2.45) is 0 Å². The Morgan fingerprint density at radius 2 is 1.82 bits per heavy atom. The molecule has 116 valence electrons. The average molecular weight is 448 g/mol. The molecule has 6 heteroatoms. The Balaban J connectivity index is 2.00. The molecule has 0 unspecified atom stereocenters. The van der Waals surface area contributed by atoms with Gasteiger partial charge in [0.05, 0.1) is 5.69 Å². The van der Waals surface area contributed by atoms with Crippen LogP contribution >= 0.6 is 43.5 Å². The van der Waals surface area contributed by atoms with Crippen molar-refractivity contribution in [2.45, 2.75) is 13.8 Å². The zero-order chi connectivity index (χ0) is 16.3. The molecule has 2 aromatic rings. The number of amides is 1. The van der Waals surface area contributed by atoms with Gasteiger partial charge in [-0.15, -0.1) is 0 Å². The van der Waals surface area contributed by atoms with Crippen molar-refractivity contribution in [3.63, 3.8) is 0 Å². The molecular formula is C16H14Br2ClNO2. The summed E-state index contributed by atoms with van der Waals surface area (Å²) in [6.07, 6.45) is 0. The Labute approximate surface area is 151 Å². The fourth-order valence-electron chi connectivity index (χ4n) is 1.85. The van der Waals surface area contributed by atoms with Crippen molar-refractivity contribution in [1.82, 2.24) is 0 Å². The second-order valence-corrected chi connectivity index (χ2v) is 6.97. The highest BCUT2D eigenvalue weighted by atomic mass is 79.9. The highest BCUT2D eigenvalue weighted by Crippen LogP contribution is 2.32. The fraction of sp³-hybridized carbons (Fsp3) is 0.188. The summed E-state index contributed by atoms with van der Waals surface area (Å²) in [7, 11) is 0. The van der Waals surface area contributed by atoms with E-state index >= 15 is 0 Å². The molecule has 22 heavy (non-hydrogen) atoms. The SMILES string of the molecule is Cc1cc(Br)c(NC(=O)COc2ccc(Cl)c(C)c2)c(Br)c1. The fourth-order valence-corrected chi connectivity index (χ4v) is 3.58. The molecule has 0 radical (unpaired) electrons. The summed E-state index contributed by atoms with van der Waals surface area (Å²) in [6.45, 7) is 3.79. The number of nitrogens with one attached hydrogen (secondary N) is 1. The number of benzene rings is 2. The lowest BCUT2D eigenvalue weighted by Crippen LogP contribution is -2.20. The van der Waals surface area contributed by atoms with Crippen LogP contribution in [0.2, 0.25) is 5.02 Å². The van der Waals surface area contributed by atoms with Gasteiger partial charge in [0.2, 0.25) is 0 Å². The van der Waals surface area contributed by atoms with Crippen LogP contribution in [-0.4, -0.2) is 12.5 Å². The van der Waals surface area contributed by atoms with Crippen LogP contribution in [0.5, 0.6) is 5.75 Å². The zero-order valence-electron chi connectivity index (χ0n) is 12.0. The molecule has 0 saturated carbocycles. The van der Waals surface area contributed by atoms with Crippen LogP contribution in [0.25, 0.3) is 0 Å². The van der Waals surface area contributed by atoms with E-state index in [9.17, 15) is 4.79 Å². The predicted molar refractivity (Wildman–Crippen MR) is 96.9 cm³/mol. The van der Waals surface area contributed by atoms with Crippen molar-refractivity contribution < 1.29 is 9.53 Å². The second kappa shape index (κ2) is 7.49. The predicted octanol–water partition coefficient (Wildman–Crippen LogP) is 5.50. The van der Waals surface area contributed by atoms with Gasteiger partial charge in [0.15, 0.2) is 6.61 Å². The quantitative estimate of drug-likeness (QED) is 0.672. The van der Waals surface area contributed by atoms with E-state index in [1.807, 2.05) is 26.0 Å². The minimum atomic E-state index is -0.238.